The quantitative estimate of drug-likeness (QED) is 0.804. The maximum Gasteiger partial charge on any atom is 0.306 e. The molecule has 0 bridgehead atoms. The lowest BCUT2D eigenvalue weighted by Crippen LogP contribution is -2.47. The summed E-state index contributed by atoms with van der Waals surface area (Å²) in [5.74, 6) is -1.12. The van der Waals surface area contributed by atoms with E-state index in [1.54, 1.807) is 0 Å². The number of aryl methyl sites for hydroxylation is 1. The molecule has 1 saturated carbocycles. The Kier molecular flexibility index (Phi) is 3.41. The summed E-state index contributed by atoms with van der Waals surface area (Å²) < 4.78 is 0. The van der Waals surface area contributed by atoms with Gasteiger partial charge in [0, 0.05) is 22.6 Å². The highest BCUT2D eigenvalue weighted by molar-refractivity contribution is 5.90. The molecule has 3 N–H and O–H groups in total. The van der Waals surface area contributed by atoms with Crippen molar-refractivity contribution in [3.8, 4) is 0 Å². The summed E-state index contributed by atoms with van der Waals surface area (Å²) in [6.07, 6.45) is 1.39. The molecule has 21 heavy (non-hydrogen) atoms. The number of aromatic amines is 1. The minimum atomic E-state index is -0.770. The van der Waals surface area contributed by atoms with E-state index in [0.29, 0.717) is 19.3 Å². The SMILES string of the molecule is Cc1[nH]c2ccccc2c1CC(=O)NC1CC(C(=O)O)C1. The number of para-hydroxylation sites is 1. The van der Waals surface area contributed by atoms with E-state index in [0.717, 1.165) is 22.2 Å². The Morgan fingerprint density at radius 2 is 2.05 bits per heavy atom. The summed E-state index contributed by atoms with van der Waals surface area (Å²) in [5.41, 5.74) is 3.05. The van der Waals surface area contributed by atoms with Crippen molar-refractivity contribution in [1.82, 2.24) is 10.3 Å². The third-order valence-corrected chi connectivity index (χ3v) is 4.22. The van der Waals surface area contributed by atoms with Crippen molar-refractivity contribution >= 4 is 22.8 Å². The predicted octanol–water partition coefficient (Wildman–Crippen LogP) is 2.00. The molecular formula is C16H18N2O3. The fourth-order valence-corrected chi connectivity index (χ4v) is 2.94. The summed E-state index contributed by atoms with van der Waals surface area (Å²) in [6, 6.07) is 7.92. The van der Waals surface area contributed by atoms with Crippen molar-refractivity contribution in [3.05, 3.63) is 35.5 Å². The van der Waals surface area contributed by atoms with Gasteiger partial charge in [0.25, 0.3) is 0 Å². The Labute approximate surface area is 122 Å². The van der Waals surface area contributed by atoms with Crippen molar-refractivity contribution in [2.45, 2.75) is 32.2 Å². The summed E-state index contributed by atoms with van der Waals surface area (Å²) in [7, 11) is 0. The molecule has 0 unspecified atom stereocenters. The first-order valence-electron chi connectivity index (χ1n) is 7.13. The topological polar surface area (TPSA) is 82.2 Å². The Morgan fingerprint density at radius 3 is 2.76 bits per heavy atom. The molecule has 0 saturated heterocycles. The molecule has 1 aliphatic carbocycles. The molecule has 0 atom stereocenters. The summed E-state index contributed by atoms with van der Waals surface area (Å²) in [5, 5.41) is 12.8. The van der Waals surface area contributed by atoms with Gasteiger partial charge in [0.15, 0.2) is 0 Å². The zero-order valence-electron chi connectivity index (χ0n) is 11.8. The highest BCUT2D eigenvalue weighted by Crippen LogP contribution is 2.28. The molecular weight excluding hydrogens is 268 g/mol. The highest BCUT2D eigenvalue weighted by Gasteiger charge is 2.35. The van der Waals surface area contributed by atoms with Crippen LogP contribution in [0, 0.1) is 12.8 Å². The number of hydrogen-bond acceptors (Lipinski definition) is 2. The Balaban J connectivity index is 1.65. The lowest BCUT2D eigenvalue weighted by Gasteiger charge is -2.32. The van der Waals surface area contributed by atoms with E-state index in [1.807, 2.05) is 31.2 Å². The van der Waals surface area contributed by atoms with Crippen molar-refractivity contribution in [3.63, 3.8) is 0 Å². The van der Waals surface area contributed by atoms with Crippen LogP contribution in [0.3, 0.4) is 0 Å². The van der Waals surface area contributed by atoms with E-state index in [9.17, 15) is 9.59 Å². The lowest BCUT2D eigenvalue weighted by atomic mass is 9.80. The second-order valence-electron chi connectivity index (χ2n) is 5.72. The van der Waals surface area contributed by atoms with Gasteiger partial charge >= 0.3 is 5.97 Å². The van der Waals surface area contributed by atoms with E-state index in [2.05, 4.69) is 10.3 Å². The second kappa shape index (κ2) is 5.24. The van der Waals surface area contributed by atoms with Gasteiger partial charge in [-0.3, -0.25) is 9.59 Å². The Hall–Kier alpha value is -2.30. The summed E-state index contributed by atoms with van der Waals surface area (Å²) in [4.78, 5) is 26.1. The van der Waals surface area contributed by atoms with Gasteiger partial charge in [0.2, 0.25) is 5.91 Å². The first kappa shape index (κ1) is 13.7. The van der Waals surface area contributed by atoms with Crippen LogP contribution in [0.2, 0.25) is 0 Å². The number of amides is 1. The number of carboxylic acids is 1. The molecule has 1 aromatic heterocycles. The number of fused-ring (bicyclic) bond motifs is 1. The van der Waals surface area contributed by atoms with Crippen molar-refractivity contribution in [2.75, 3.05) is 0 Å². The van der Waals surface area contributed by atoms with Gasteiger partial charge < -0.3 is 15.4 Å². The first-order valence-corrected chi connectivity index (χ1v) is 7.13. The number of H-pyrrole nitrogens is 1. The molecule has 1 aliphatic rings. The van der Waals surface area contributed by atoms with Crippen LogP contribution in [0.25, 0.3) is 10.9 Å². The van der Waals surface area contributed by atoms with Gasteiger partial charge in [0.1, 0.15) is 0 Å². The zero-order chi connectivity index (χ0) is 15.0. The average molecular weight is 286 g/mol. The molecule has 0 aliphatic heterocycles. The van der Waals surface area contributed by atoms with E-state index in [4.69, 9.17) is 5.11 Å². The van der Waals surface area contributed by atoms with Gasteiger partial charge in [-0.2, -0.15) is 0 Å². The molecule has 0 spiro atoms. The van der Waals surface area contributed by atoms with E-state index in [1.165, 1.54) is 0 Å². The number of carbonyl (C=O) groups is 2. The van der Waals surface area contributed by atoms with Gasteiger partial charge in [0.05, 0.1) is 12.3 Å². The molecule has 1 fully saturated rings. The minimum absolute atomic E-state index is 0.00381. The molecule has 3 rings (SSSR count). The minimum Gasteiger partial charge on any atom is -0.481 e. The van der Waals surface area contributed by atoms with Crippen molar-refractivity contribution in [2.24, 2.45) is 5.92 Å². The highest BCUT2D eigenvalue weighted by atomic mass is 16.4. The van der Waals surface area contributed by atoms with Crippen LogP contribution in [0.15, 0.2) is 24.3 Å². The standard InChI is InChI=1S/C16H18N2O3/c1-9-13(12-4-2-3-5-14(12)17-9)8-15(19)18-11-6-10(7-11)16(20)21/h2-5,10-11,17H,6-8H2,1H3,(H,18,19)(H,20,21). The average Bonchev–Trinajstić information content (AvgIpc) is 2.70. The summed E-state index contributed by atoms with van der Waals surface area (Å²) >= 11 is 0. The van der Waals surface area contributed by atoms with Gasteiger partial charge in [-0.15, -0.1) is 0 Å². The number of benzene rings is 1. The number of nitrogens with one attached hydrogen (secondary N) is 2. The third-order valence-electron chi connectivity index (χ3n) is 4.22. The van der Waals surface area contributed by atoms with Gasteiger partial charge in [-0.1, -0.05) is 18.2 Å². The smallest absolute Gasteiger partial charge is 0.306 e. The lowest BCUT2D eigenvalue weighted by molar-refractivity contribution is -0.146. The number of carbonyl (C=O) groups excluding carboxylic acids is 1. The van der Waals surface area contributed by atoms with Crippen molar-refractivity contribution in [1.29, 1.82) is 0 Å². The van der Waals surface area contributed by atoms with Crippen LogP contribution in [0.4, 0.5) is 0 Å². The molecule has 110 valence electrons. The van der Waals surface area contributed by atoms with E-state index >= 15 is 0 Å². The Bertz CT molecular complexity index is 699. The fraction of sp³-hybridized carbons (Fsp3) is 0.375. The predicted molar refractivity (Wildman–Crippen MR) is 79.0 cm³/mol. The second-order valence-corrected chi connectivity index (χ2v) is 5.72. The van der Waals surface area contributed by atoms with Crippen LogP contribution in [0.5, 0.6) is 0 Å². The molecule has 5 nitrogen and oxygen atoms in total. The molecule has 1 aromatic carbocycles. The van der Waals surface area contributed by atoms with E-state index < -0.39 is 5.97 Å². The Morgan fingerprint density at radius 1 is 1.33 bits per heavy atom. The van der Waals surface area contributed by atoms with Crippen LogP contribution in [-0.2, 0) is 16.0 Å². The van der Waals surface area contributed by atoms with Crippen LogP contribution in [0.1, 0.15) is 24.1 Å². The van der Waals surface area contributed by atoms with E-state index in [-0.39, 0.29) is 17.9 Å². The van der Waals surface area contributed by atoms with Crippen LogP contribution < -0.4 is 5.32 Å². The first-order chi connectivity index (χ1) is 10.0. The molecule has 5 heteroatoms. The van der Waals surface area contributed by atoms with Crippen molar-refractivity contribution < 1.29 is 14.7 Å². The maximum atomic E-state index is 12.1. The monoisotopic (exact) mass is 286 g/mol. The van der Waals surface area contributed by atoms with Gasteiger partial charge in [-0.25, -0.2) is 0 Å². The number of rotatable bonds is 4. The van der Waals surface area contributed by atoms with Crippen LogP contribution in [-0.4, -0.2) is 28.0 Å². The third kappa shape index (κ3) is 2.63. The molecule has 1 heterocycles. The number of carboxylic acid groups (broad SMARTS) is 1. The largest absolute Gasteiger partial charge is 0.481 e. The molecule has 2 aromatic rings. The molecule has 1 amide bonds. The normalized spacial score (nSPS) is 21.0. The van der Waals surface area contributed by atoms with Crippen LogP contribution >= 0.6 is 0 Å². The number of hydrogen-bond donors (Lipinski definition) is 3. The maximum absolute atomic E-state index is 12.1. The molecule has 0 radical (unpaired) electrons. The van der Waals surface area contributed by atoms with Gasteiger partial charge in [-0.05, 0) is 31.4 Å². The number of aliphatic carboxylic acids is 1. The zero-order valence-corrected chi connectivity index (χ0v) is 11.8. The fourth-order valence-electron chi connectivity index (χ4n) is 2.94. The summed E-state index contributed by atoms with van der Waals surface area (Å²) in [6.45, 7) is 1.96. The number of aromatic nitrogens is 1.